The summed E-state index contributed by atoms with van der Waals surface area (Å²) < 4.78 is 0. The lowest BCUT2D eigenvalue weighted by molar-refractivity contribution is -0.141. The Bertz CT molecular complexity index is 289. The minimum Gasteiger partial charge on any atom is -0.480 e. The summed E-state index contributed by atoms with van der Waals surface area (Å²) in [6.07, 6.45) is 4.41. The van der Waals surface area contributed by atoms with Crippen molar-refractivity contribution < 1.29 is 14.7 Å². The zero-order chi connectivity index (χ0) is 13.0. The van der Waals surface area contributed by atoms with Crippen molar-refractivity contribution in [2.24, 2.45) is 5.92 Å². The summed E-state index contributed by atoms with van der Waals surface area (Å²) in [5.41, 5.74) is 0. The molecule has 98 valence electrons. The lowest BCUT2D eigenvalue weighted by atomic mass is 10.1. The van der Waals surface area contributed by atoms with E-state index in [1.165, 1.54) is 31.7 Å². The van der Waals surface area contributed by atoms with Crippen LogP contribution in [0.4, 0.5) is 4.79 Å². The van der Waals surface area contributed by atoms with Crippen LogP contribution in [0.3, 0.4) is 0 Å². The van der Waals surface area contributed by atoms with E-state index >= 15 is 0 Å². The summed E-state index contributed by atoms with van der Waals surface area (Å²) in [6.45, 7) is 3.54. The Morgan fingerprint density at radius 3 is 2.47 bits per heavy atom. The molecule has 5 nitrogen and oxygen atoms in total. The highest BCUT2D eigenvalue weighted by molar-refractivity contribution is 5.82. The van der Waals surface area contributed by atoms with Crippen LogP contribution in [0.15, 0.2) is 0 Å². The number of carbonyl (C=O) groups excluding carboxylic acids is 1. The quantitative estimate of drug-likeness (QED) is 0.744. The summed E-state index contributed by atoms with van der Waals surface area (Å²) in [7, 11) is 1.51. The maximum Gasteiger partial charge on any atom is 0.326 e. The van der Waals surface area contributed by atoms with E-state index in [1.807, 2.05) is 6.92 Å². The van der Waals surface area contributed by atoms with Gasteiger partial charge in [0.1, 0.15) is 6.04 Å². The van der Waals surface area contributed by atoms with Gasteiger partial charge in [0.05, 0.1) is 0 Å². The van der Waals surface area contributed by atoms with Gasteiger partial charge in [-0.1, -0.05) is 19.8 Å². The number of nitrogens with zero attached hydrogens (tertiary/aromatic N) is 1. The molecule has 1 fully saturated rings. The molecule has 1 rings (SSSR count). The fourth-order valence-electron chi connectivity index (χ4n) is 1.70. The Kier molecular flexibility index (Phi) is 4.78. The second-order valence-electron chi connectivity index (χ2n) is 4.86. The molecule has 2 atom stereocenters. The highest BCUT2D eigenvalue weighted by Gasteiger charge is 2.27. The van der Waals surface area contributed by atoms with Crippen molar-refractivity contribution in [3.63, 3.8) is 0 Å². The molecule has 0 heterocycles. The number of carboxylic acid groups (broad SMARTS) is 1. The van der Waals surface area contributed by atoms with Gasteiger partial charge in [0, 0.05) is 13.1 Å². The van der Waals surface area contributed by atoms with Crippen LogP contribution in [0.1, 0.15) is 39.5 Å². The van der Waals surface area contributed by atoms with E-state index in [0.29, 0.717) is 0 Å². The van der Waals surface area contributed by atoms with Crippen molar-refractivity contribution in [2.45, 2.75) is 51.6 Å². The van der Waals surface area contributed by atoms with Crippen LogP contribution < -0.4 is 5.32 Å². The Labute approximate surface area is 102 Å². The molecule has 0 saturated heterocycles. The van der Waals surface area contributed by atoms with Crippen molar-refractivity contribution in [2.75, 3.05) is 7.05 Å². The molecule has 0 radical (unpaired) electrons. The molecular formula is C12H22N2O3. The van der Waals surface area contributed by atoms with Crippen molar-refractivity contribution in [3.05, 3.63) is 0 Å². The van der Waals surface area contributed by atoms with Gasteiger partial charge in [0.15, 0.2) is 0 Å². The van der Waals surface area contributed by atoms with Crippen LogP contribution in [-0.2, 0) is 4.79 Å². The maximum atomic E-state index is 11.8. The highest BCUT2D eigenvalue weighted by Crippen LogP contribution is 2.34. The molecule has 0 aromatic heterocycles. The van der Waals surface area contributed by atoms with Crippen LogP contribution in [0.25, 0.3) is 0 Å². The Hall–Kier alpha value is -1.26. The van der Waals surface area contributed by atoms with Gasteiger partial charge in [-0.2, -0.15) is 0 Å². The van der Waals surface area contributed by atoms with Gasteiger partial charge in [-0.25, -0.2) is 9.59 Å². The van der Waals surface area contributed by atoms with Gasteiger partial charge in [0.25, 0.3) is 0 Å². The van der Waals surface area contributed by atoms with E-state index < -0.39 is 12.0 Å². The smallest absolute Gasteiger partial charge is 0.326 e. The second-order valence-corrected chi connectivity index (χ2v) is 4.86. The number of carbonyl (C=O) groups is 2. The number of hydrogen-bond acceptors (Lipinski definition) is 2. The first-order valence-electron chi connectivity index (χ1n) is 6.21. The summed E-state index contributed by atoms with van der Waals surface area (Å²) in [5.74, 6) is -0.236. The van der Waals surface area contributed by atoms with Gasteiger partial charge < -0.3 is 15.3 Å². The molecule has 2 amide bonds. The number of nitrogens with one attached hydrogen (secondary N) is 1. The average molecular weight is 242 g/mol. The molecule has 5 heteroatoms. The molecule has 0 aromatic rings. The third-order valence-electron chi connectivity index (χ3n) is 3.39. The minimum atomic E-state index is -0.988. The van der Waals surface area contributed by atoms with E-state index in [0.717, 1.165) is 18.8 Å². The first-order valence-corrected chi connectivity index (χ1v) is 6.21. The van der Waals surface area contributed by atoms with Gasteiger partial charge in [-0.3, -0.25) is 0 Å². The molecule has 1 aliphatic carbocycles. The number of likely N-dealkylation sites (N-methyl/N-ethyl adjacent to an activating group) is 1. The standard InChI is InChI=1S/C12H22N2O3/c1-4-10(7-9-5-6-9)13-12(17)14(3)8(2)11(15)16/h8-10H,4-7H2,1-3H3,(H,13,17)(H,15,16). The van der Waals surface area contributed by atoms with Crippen LogP contribution in [0, 0.1) is 5.92 Å². The topological polar surface area (TPSA) is 69.6 Å². The van der Waals surface area contributed by atoms with Crippen LogP contribution in [-0.4, -0.2) is 41.1 Å². The Morgan fingerprint density at radius 2 is 2.06 bits per heavy atom. The molecule has 2 N–H and O–H groups in total. The lowest BCUT2D eigenvalue weighted by Crippen LogP contribution is -2.48. The van der Waals surface area contributed by atoms with Gasteiger partial charge in [-0.05, 0) is 25.7 Å². The summed E-state index contributed by atoms with van der Waals surface area (Å²) in [4.78, 5) is 23.8. The number of urea groups is 1. The predicted molar refractivity (Wildman–Crippen MR) is 64.8 cm³/mol. The predicted octanol–water partition coefficient (Wildman–Crippen LogP) is 1.68. The third kappa shape index (κ3) is 4.24. The highest BCUT2D eigenvalue weighted by atomic mass is 16.4. The minimum absolute atomic E-state index is 0.165. The zero-order valence-corrected chi connectivity index (χ0v) is 10.8. The number of hydrogen-bond donors (Lipinski definition) is 2. The molecule has 1 aliphatic rings. The molecule has 0 aromatic carbocycles. The number of rotatable bonds is 6. The van der Waals surface area contributed by atoms with Gasteiger partial charge >= 0.3 is 12.0 Å². The maximum absolute atomic E-state index is 11.8. The molecule has 0 spiro atoms. The van der Waals surface area contributed by atoms with Crippen LogP contribution in [0.2, 0.25) is 0 Å². The molecule has 2 unspecified atom stereocenters. The Morgan fingerprint density at radius 1 is 1.47 bits per heavy atom. The SMILES string of the molecule is CCC(CC1CC1)NC(=O)N(C)C(C)C(=O)O. The third-order valence-corrected chi connectivity index (χ3v) is 3.39. The van der Waals surface area contributed by atoms with Crippen LogP contribution in [0.5, 0.6) is 0 Å². The molecule has 1 saturated carbocycles. The average Bonchev–Trinajstić information content (AvgIpc) is 3.09. The zero-order valence-electron chi connectivity index (χ0n) is 10.8. The fourth-order valence-corrected chi connectivity index (χ4v) is 1.70. The van der Waals surface area contributed by atoms with Crippen LogP contribution >= 0.6 is 0 Å². The number of carboxylic acids is 1. The Balaban J connectivity index is 2.42. The van der Waals surface area contributed by atoms with Crippen molar-refractivity contribution in [1.82, 2.24) is 10.2 Å². The van der Waals surface area contributed by atoms with Crippen molar-refractivity contribution >= 4 is 12.0 Å². The number of aliphatic carboxylic acids is 1. The van der Waals surface area contributed by atoms with E-state index in [1.54, 1.807) is 0 Å². The second kappa shape index (κ2) is 5.89. The van der Waals surface area contributed by atoms with Gasteiger partial charge in [-0.15, -0.1) is 0 Å². The summed E-state index contributed by atoms with van der Waals surface area (Å²) in [6, 6.07) is -0.931. The molecular weight excluding hydrogens is 220 g/mol. The first-order chi connectivity index (χ1) is 7.95. The van der Waals surface area contributed by atoms with E-state index in [2.05, 4.69) is 5.32 Å². The van der Waals surface area contributed by atoms with E-state index in [-0.39, 0.29) is 12.1 Å². The van der Waals surface area contributed by atoms with Crippen molar-refractivity contribution in [3.8, 4) is 0 Å². The summed E-state index contributed by atoms with van der Waals surface area (Å²) >= 11 is 0. The normalized spacial score (nSPS) is 18.3. The molecule has 0 bridgehead atoms. The largest absolute Gasteiger partial charge is 0.480 e. The van der Waals surface area contributed by atoms with Gasteiger partial charge in [0.2, 0.25) is 0 Å². The van der Waals surface area contributed by atoms with E-state index in [4.69, 9.17) is 5.11 Å². The van der Waals surface area contributed by atoms with E-state index in [9.17, 15) is 9.59 Å². The van der Waals surface area contributed by atoms with Crippen molar-refractivity contribution in [1.29, 1.82) is 0 Å². The first kappa shape index (κ1) is 13.8. The summed E-state index contributed by atoms with van der Waals surface area (Å²) in [5, 5.41) is 11.7. The molecule has 17 heavy (non-hydrogen) atoms. The number of amides is 2. The fraction of sp³-hybridized carbons (Fsp3) is 0.833. The lowest BCUT2D eigenvalue weighted by Gasteiger charge is -2.25. The monoisotopic (exact) mass is 242 g/mol. The molecule has 0 aliphatic heterocycles.